The first-order valence-electron chi connectivity index (χ1n) is 4.41. The van der Waals surface area contributed by atoms with Crippen molar-refractivity contribution in [2.45, 2.75) is 32.2 Å². The lowest BCUT2D eigenvalue weighted by Crippen LogP contribution is -2.24. The molecule has 3 heteroatoms. The molecule has 68 valence electrons. The zero-order chi connectivity index (χ0) is 8.81. The van der Waals surface area contributed by atoms with Crippen LogP contribution in [0.1, 0.15) is 24.6 Å². The van der Waals surface area contributed by atoms with Gasteiger partial charge in [-0.3, -0.25) is 4.98 Å². The Morgan fingerprint density at radius 2 is 2.50 bits per heavy atom. The number of nitrogens with zero attached hydrogens (tertiary/aromatic N) is 1. The molecule has 12 heavy (non-hydrogen) atoms. The van der Waals surface area contributed by atoms with Gasteiger partial charge in [0, 0.05) is 17.1 Å². The van der Waals surface area contributed by atoms with E-state index in [1.807, 2.05) is 18.8 Å². The molecule has 0 bridgehead atoms. The molecule has 0 aliphatic rings. The minimum atomic E-state index is 0.659. The lowest BCUT2D eigenvalue weighted by Gasteiger charge is -2.11. The largest absolute Gasteiger partial charge is 0.317 e. The fourth-order valence-electron chi connectivity index (χ4n) is 1.23. The summed E-state index contributed by atoms with van der Waals surface area (Å²) in [5, 5.41) is 3.30. The summed E-state index contributed by atoms with van der Waals surface area (Å²) in [5.41, 5.74) is 1.90. The Kier molecular flexibility index (Phi) is 4.25. The molecule has 1 aromatic rings. The van der Waals surface area contributed by atoms with Crippen LogP contribution in [-0.4, -0.2) is 18.1 Å². The van der Waals surface area contributed by atoms with Gasteiger partial charge < -0.3 is 5.32 Å². The Hall–Kier alpha value is -0.410. The van der Waals surface area contributed by atoms with Crippen LogP contribution in [0.15, 0.2) is 11.7 Å². The van der Waals surface area contributed by atoms with E-state index >= 15 is 0 Å². The molecule has 1 unspecified atom stereocenters. The fourth-order valence-corrected chi connectivity index (χ4v) is 1.85. The summed E-state index contributed by atoms with van der Waals surface area (Å²) in [7, 11) is 2.03. The number of rotatable bonds is 5. The third-order valence-electron chi connectivity index (χ3n) is 2.12. The van der Waals surface area contributed by atoms with Crippen LogP contribution < -0.4 is 5.32 Å². The van der Waals surface area contributed by atoms with E-state index in [0.29, 0.717) is 6.04 Å². The Morgan fingerprint density at radius 3 is 3.00 bits per heavy atom. The Morgan fingerprint density at radius 1 is 1.67 bits per heavy atom. The number of nitrogens with one attached hydrogen (secondary N) is 1. The number of hydrogen-bond acceptors (Lipinski definition) is 3. The van der Waals surface area contributed by atoms with Crippen molar-refractivity contribution in [1.29, 1.82) is 0 Å². The molecule has 0 saturated heterocycles. The van der Waals surface area contributed by atoms with Gasteiger partial charge in [-0.2, -0.15) is 0 Å². The molecule has 0 aliphatic carbocycles. The van der Waals surface area contributed by atoms with Crippen molar-refractivity contribution in [3.05, 3.63) is 16.6 Å². The monoisotopic (exact) mass is 184 g/mol. The standard InChI is InChI=1S/C9H16N2S/c1-3-8(10-2)4-5-9-6-11-7-12-9/h6-8,10H,3-5H2,1-2H3. The Bertz CT molecular complexity index is 192. The molecular weight excluding hydrogens is 168 g/mol. The summed E-state index contributed by atoms with van der Waals surface area (Å²) in [6.45, 7) is 2.22. The van der Waals surface area contributed by atoms with Gasteiger partial charge in [-0.05, 0) is 26.3 Å². The van der Waals surface area contributed by atoms with Gasteiger partial charge >= 0.3 is 0 Å². The lowest BCUT2D eigenvalue weighted by molar-refractivity contribution is 0.510. The van der Waals surface area contributed by atoms with Crippen molar-refractivity contribution in [1.82, 2.24) is 10.3 Å². The first-order valence-corrected chi connectivity index (χ1v) is 5.29. The maximum Gasteiger partial charge on any atom is 0.0794 e. The van der Waals surface area contributed by atoms with Gasteiger partial charge in [0.25, 0.3) is 0 Å². The van der Waals surface area contributed by atoms with Crippen molar-refractivity contribution >= 4 is 11.3 Å². The van der Waals surface area contributed by atoms with Gasteiger partial charge in [0.1, 0.15) is 0 Å². The van der Waals surface area contributed by atoms with Gasteiger partial charge in [-0.15, -0.1) is 11.3 Å². The quantitative estimate of drug-likeness (QED) is 0.758. The average molecular weight is 184 g/mol. The highest BCUT2D eigenvalue weighted by atomic mass is 32.1. The summed E-state index contributed by atoms with van der Waals surface area (Å²) in [6, 6.07) is 0.659. The van der Waals surface area contributed by atoms with E-state index in [2.05, 4.69) is 17.2 Å². The van der Waals surface area contributed by atoms with Crippen LogP contribution in [-0.2, 0) is 6.42 Å². The second-order valence-electron chi connectivity index (χ2n) is 2.90. The number of thiazole rings is 1. The van der Waals surface area contributed by atoms with Crippen molar-refractivity contribution in [3.8, 4) is 0 Å². The molecule has 1 aromatic heterocycles. The van der Waals surface area contributed by atoms with E-state index in [1.165, 1.54) is 17.7 Å². The molecule has 1 N–H and O–H groups in total. The second-order valence-corrected chi connectivity index (χ2v) is 3.87. The van der Waals surface area contributed by atoms with Crippen LogP contribution in [0.4, 0.5) is 0 Å². The molecule has 1 atom stereocenters. The van der Waals surface area contributed by atoms with Gasteiger partial charge in [0.05, 0.1) is 5.51 Å². The summed E-state index contributed by atoms with van der Waals surface area (Å²) >= 11 is 1.75. The average Bonchev–Trinajstić information content (AvgIpc) is 2.59. The summed E-state index contributed by atoms with van der Waals surface area (Å²) in [4.78, 5) is 5.44. The van der Waals surface area contributed by atoms with Crippen molar-refractivity contribution in [2.75, 3.05) is 7.05 Å². The van der Waals surface area contributed by atoms with Crippen LogP contribution in [0.25, 0.3) is 0 Å². The minimum absolute atomic E-state index is 0.659. The predicted molar refractivity (Wildman–Crippen MR) is 53.6 cm³/mol. The van der Waals surface area contributed by atoms with Gasteiger partial charge in [-0.1, -0.05) is 6.92 Å². The molecule has 0 aliphatic heterocycles. The van der Waals surface area contributed by atoms with Gasteiger partial charge in [0.2, 0.25) is 0 Å². The van der Waals surface area contributed by atoms with E-state index in [-0.39, 0.29) is 0 Å². The van der Waals surface area contributed by atoms with Gasteiger partial charge in [-0.25, -0.2) is 0 Å². The van der Waals surface area contributed by atoms with Crippen molar-refractivity contribution in [2.24, 2.45) is 0 Å². The maximum absolute atomic E-state index is 4.05. The molecule has 0 radical (unpaired) electrons. The molecular formula is C9H16N2S. The Labute approximate surface area is 78.0 Å². The highest BCUT2D eigenvalue weighted by molar-refractivity contribution is 7.09. The van der Waals surface area contributed by atoms with Crippen LogP contribution in [0.2, 0.25) is 0 Å². The third-order valence-corrected chi connectivity index (χ3v) is 2.96. The topological polar surface area (TPSA) is 24.9 Å². The molecule has 0 spiro atoms. The molecule has 0 saturated carbocycles. The summed E-state index contributed by atoms with van der Waals surface area (Å²) in [6.07, 6.45) is 5.54. The fraction of sp³-hybridized carbons (Fsp3) is 0.667. The SMILES string of the molecule is CCC(CCc1cncs1)NC. The van der Waals surface area contributed by atoms with E-state index < -0.39 is 0 Å². The zero-order valence-corrected chi connectivity index (χ0v) is 8.53. The molecule has 0 fully saturated rings. The highest BCUT2D eigenvalue weighted by Gasteiger charge is 2.03. The normalized spacial score (nSPS) is 13.2. The number of hydrogen-bond donors (Lipinski definition) is 1. The van der Waals surface area contributed by atoms with Crippen molar-refractivity contribution < 1.29 is 0 Å². The Balaban J connectivity index is 2.25. The second kappa shape index (κ2) is 5.27. The summed E-state index contributed by atoms with van der Waals surface area (Å²) in [5.74, 6) is 0. The predicted octanol–water partition coefficient (Wildman–Crippen LogP) is 2.07. The van der Waals surface area contributed by atoms with E-state index in [4.69, 9.17) is 0 Å². The third kappa shape index (κ3) is 2.91. The molecule has 0 aromatic carbocycles. The smallest absolute Gasteiger partial charge is 0.0794 e. The van der Waals surface area contributed by atoms with Crippen molar-refractivity contribution in [3.63, 3.8) is 0 Å². The molecule has 1 heterocycles. The van der Waals surface area contributed by atoms with Crippen LogP contribution in [0, 0.1) is 0 Å². The summed E-state index contributed by atoms with van der Waals surface area (Å²) < 4.78 is 0. The van der Waals surface area contributed by atoms with E-state index in [9.17, 15) is 0 Å². The van der Waals surface area contributed by atoms with Gasteiger partial charge in [0.15, 0.2) is 0 Å². The lowest BCUT2D eigenvalue weighted by atomic mass is 10.1. The first kappa shape index (κ1) is 9.68. The molecule has 1 rings (SSSR count). The highest BCUT2D eigenvalue weighted by Crippen LogP contribution is 2.10. The molecule has 0 amide bonds. The minimum Gasteiger partial charge on any atom is -0.317 e. The van der Waals surface area contributed by atoms with E-state index in [0.717, 1.165) is 6.42 Å². The zero-order valence-electron chi connectivity index (χ0n) is 7.71. The maximum atomic E-state index is 4.05. The van der Waals surface area contributed by atoms with Crippen LogP contribution in [0.3, 0.4) is 0 Å². The number of aryl methyl sites for hydroxylation is 1. The first-order chi connectivity index (χ1) is 5.86. The molecule has 2 nitrogen and oxygen atoms in total. The van der Waals surface area contributed by atoms with Crippen LogP contribution >= 0.6 is 11.3 Å². The van der Waals surface area contributed by atoms with E-state index in [1.54, 1.807) is 11.3 Å². The number of aromatic nitrogens is 1. The van der Waals surface area contributed by atoms with Crippen LogP contribution in [0.5, 0.6) is 0 Å².